The molecule has 1 aromatic rings. The monoisotopic (exact) mass is 400 g/mol. The molecule has 2 saturated heterocycles. The molecule has 2 bridgehead atoms. The Kier molecular flexibility index (Phi) is 5.64. The van der Waals surface area contributed by atoms with Crippen LogP contribution in [0, 0.1) is 0 Å². The van der Waals surface area contributed by atoms with Crippen LogP contribution in [0.4, 0.5) is 5.95 Å². The molecule has 0 aliphatic carbocycles. The molecule has 29 heavy (non-hydrogen) atoms. The summed E-state index contributed by atoms with van der Waals surface area (Å²) in [6, 6.07) is 0.332. The summed E-state index contributed by atoms with van der Waals surface area (Å²) in [4.78, 5) is 21.7. The molecule has 5 heterocycles. The topological polar surface area (TPSA) is 75.5 Å². The highest BCUT2D eigenvalue weighted by Gasteiger charge is 2.40. The molecule has 0 aromatic carbocycles. The molecular weight excluding hydrogens is 364 g/mol. The Labute approximate surface area is 174 Å². The second-order valence-corrected chi connectivity index (χ2v) is 10.1. The predicted octanol–water partition coefficient (Wildman–Crippen LogP) is 3.09. The minimum absolute atomic E-state index is 0.0952. The van der Waals surface area contributed by atoms with Crippen molar-refractivity contribution in [3.05, 3.63) is 11.6 Å². The van der Waals surface area contributed by atoms with Crippen molar-refractivity contribution in [2.24, 2.45) is 4.99 Å². The zero-order valence-corrected chi connectivity index (χ0v) is 18.7. The highest BCUT2D eigenvalue weighted by molar-refractivity contribution is 5.94. The summed E-state index contributed by atoms with van der Waals surface area (Å²) in [5, 5.41) is 3.76. The van der Waals surface area contributed by atoms with Gasteiger partial charge in [0.15, 0.2) is 11.6 Å². The van der Waals surface area contributed by atoms with Crippen molar-refractivity contribution in [1.82, 2.24) is 20.3 Å². The maximum Gasteiger partial charge on any atom is 0.229 e. The maximum absolute atomic E-state index is 5.45. The van der Waals surface area contributed by atoms with Gasteiger partial charge in [-0.05, 0) is 53.4 Å². The normalized spacial score (nSPS) is 24.4. The highest BCUT2D eigenvalue weighted by atomic mass is 16.5. The molecule has 7 heteroatoms. The summed E-state index contributed by atoms with van der Waals surface area (Å²) >= 11 is 0. The summed E-state index contributed by atoms with van der Waals surface area (Å²) in [6.07, 6.45) is 5.43. The first-order valence-electron chi connectivity index (χ1n) is 11.2. The molecule has 1 aromatic heterocycles. The lowest BCUT2D eigenvalue weighted by molar-refractivity contribution is 0.122. The molecule has 4 aliphatic rings. The predicted molar refractivity (Wildman–Crippen MR) is 116 cm³/mol. The number of ether oxygens (including phenoxy) is 1. The van der Waals surface area contributed by atoms with E-state index in [1.807, 2.05) is 0 Å². The lowest BCUT2D eigenvalue weighted by atomic mass is 9.79. The Bertz CT molecular complexity index is 730. The van der Waals surface area contributed by atoms with Crippen LogP contribution in [0.3, 0.4) is 0 Å². The van der Waals surface area contributed by atoms with E-state index in [2.05, 4.69) is 49.8 Å². The third-order valence-electron chi connectivity index (χ3n) is 6.11. The Balaban J connectivity index is 1.55. The second-order valence-electron chi connectivity index (χ2n) is 10.1. The van der Waals surface area contributed by atoms with Gasteiger partial charge in [0.05, 0.1) is 19.3 Å². The van der Waals surface area contributed by atoms with E-state index in [0.717, 1.165) is 76.0 Å². The number of hydrogen-bond acceptors (Lipinski definition) is 7. The van der Waals surface area contributed by atoms with Gasteiger partial charge >= 0.3 is 0 Å². The number of aromatic nitrogens is 3. The lowest BCUT2D eigenvalue weighted by Crippen LogP contribution is -2.59. The van der Waals surface area contributed by atoms with Crippen molar-refractivity contribution in [2.75, 3.05) is 31.2 Å². The van der Waals surface area contributed by atoms with Gasteiger partial charge < -0.3 is 15.0 Å². The van der Waals surface area contributed by atoms with Crippen LogP contribution in [0.2, 0.25) is 0 Å². The Morgan fingerprint density at radius 2 is 1.69 bits per heavy atom. The average Bonchev–Trinajstić information content (AvgIpc) is 2.64. The number of nitrogens with zero attached hydrogens (tertiary/aromatic N) is 5. The van der Waals surface area contributed by atoms with Crippen LogP contribution in [-0.4, -0.2) is 64.1 Å². The van der Waals surface area contributed by atoms with E-state index in [1.54, 1.807) is 0 Å². The van der Waals surface area contributed by atoms with E-state index >= 15 is 0 Å². The van der Waals surface area contributed by atoms with Gasteiger partial charge in [0, 0.05) is 29.9 Å². The first kappa shape index (κ1) is 20.7. The van der Waals surface area contributed by atoms with Gasteiger partial charge in [0.1, 0.15) is 5.92 Å². The SMILES string of the molecule is CCCCC(=NC1CC(C)(C)NC(C)(C)C1)C1c2nc1nc(N1CCOCC1)n2. The van der Waals surface area contributed by atoms with Crippen LogP contribution in [0.15, 0.2) is 4.99 Å². The van der Waals surface area contributed by atoms with Crippen LogP contribution in [0.1, 0.15) is 84.3 Å². The fraction of sp³-hybridized carbons (Fsp3) is 0.818. The van der Waals surface area contributed by atoms with E-state index in [1.165, 1.54) is 5.71 Å². The number of unbranched alkanes of at least 4 members (excludes halogenated alkanes) is 1. The highest BCUT2D eigenvalue weighted by Crippen LogP contribution is 2.36. The number of hydrogen-bond donors (Lipinski definition) is 1. The molecule has 0 saturated carbocycles. The van der Waals surface area contributed by atoms with Crippen LogP contribution in [0.5, 0.6) is 0 Å². The van der Waals surface area contributed by atoms with E-state index in [4.69, 9.17) is 19.7 Å². The van der Waals surface area contributed by atoms with Gasteiger partial charge in [-0.25, -0.2) is 4.98 Å². The van der Waals surface area contributed by atoms with Crippen molar-refractivity contribution >= 4 is 11.7 Å². The number of anilines is 1. The van der Waals surface area contributed by atoms with Crippen LogP contribution in [0.25, 0.3) is 0 Å². The zero-order chi connectivity index (χ0) is 20.6. The molecule has 2 fully saturated rings. The molecule has 0 amide bonds. The van der Waals surface area contributed by atoms with Gasteiger partial charge in [-0.2, -0.15) is 9.97 Å². The quantitative estimate of drug-likeness (QED) is 0.740. The molecule has 0 spiro atoms. The Hall–Kier alpha value is -1.60. The van der Waals surface area contributed by atoms with Gasteiger partial charge in [-0.1, -0.05) is 13.3 Å². The number of aliphatic imine (C=N–C) groups is 1. The smallest absolute Gasteiger partial charge is 0.229 e. The Morgan fingerprint density at radius 3 is 2.28 bits per heavy atom. The molecule has 160 valence electrons. The van der Waals surface area contributed by atoms with Gasteiger partial charge in [-0.3, -0.25) is 4.99 Å². The molecule has 0 unspecified atom stereocenters. The summed E-state index contributed by atoms with van der Waals surface area (Å²) in [5.41, 5.74) is 1.43. The first-order valence-corrected chi connectivity index (χ1v) is 11.2. The molecule has 4 aliphatic heterocycles. The van der Waals surface area contributed by atoms with Crippen molar-refractivity contribution in [1.29, 1.82) is 0 Å². The third kappa shape index (κ3) is 4.61. The van der Waals surface area contributed by atoms with Gasteiger partial charge in [-0.15, -0.1) is 0 Å². The number of piperidine rings is 1. The lowest BCUT2D eigenvalue weighted by Gasteiger charge is -2.45. The number of rotatable bonds is 6. The summed E-state index contributed by atoms with van der Waals surface area (Å²) in [7, 11) is 0. The Morgan fingerprint density at radius 1 is 1.07 bits per heavy atom. The maximum atomic E-state index is 5.45. The zero-order valence-electron chi connectivity index (χ0n) is 18.7. The molecule has 0 radical (unpaired) electrons. The summed E-state index contributed by atoms with van der Waals surface area (Å²) in [6.45, 7) is 14.6. The van der Waals surface area contributed by atoms with E-state index in [0.29, 0.717) is 6.04 Å². The molecule has 1 N–H and O–H groups in total. The molecule has 5 rings (SSSR count). The largest absolute Gasteiger partial charge is 0.378 e. The molecule has 7 nitrogen and oxygen atoms in total. The number of fused-ring (bicyclic) bond motifs is 2. The fourth-order valence-electron chi connectivity index (χ4n) is 5.14. The third-order valence-corrected chi connectivity index (χ3v) is 6.11. The number of nitrogens with one attached hydrogen (secondary N) is 1. The molecule has 0 atom stereocenters. The standard InChI is InChI=1S/C22H36N6O/c1-6-7-8-16(23-15-13-21(2,3)27-22(4,5)14-15)17-18-24-19(17)26-20(25-18)28-9-11-29-12-10-28/h15,17,27H,6-14H2,1-5H3. The summed E-state index contributed by atoms with van der Waals surface area (Å²) < 4.78 is 5.45. The van der Waals surface area contributed by atoms with E-state index < -0.39 is 0 Å². The minimum atomic E-state index is 0.0952. The number of morpholine rings is 1. The van der Waals surface area contributed by atoms with Crippen molar-refractivity contribution in [2.45, 2.75) is 89.8 Å². The second kappa shape index (κ2) is 7.91. The molecular formula is C22H36N6O. The van der Waals surface area contributed by atoms with E-state index in [9.17, 15) is 0 Å². The van der Waals surface area contributed by atoms with Gasteiger partial charge in [0.2, 0.25) is 5.95 Å². The average molecular weight is 401 g/mol. The van der Waals surface area contributed by atoms with Crippen LogP contribution >= 0.6 is 0 Å². The van der Waals surface area contributed by atoms with Crippen LogP contribution < -0.4 is 10.2 Å². The summed E-state index contributed by atoms with van der Waals surface area (Å²) in [5.74, 6) is 2.72. The van der Waals surface area contributed by atoms with E-state index in [-0.39, 0.29) is 17.0 Å². The van der Waals surface area contributed by atoms with Crippen molar-refractivity contribution in [3.8, 4) is 0 Å². The first-order chi connectivity index (χ1) is 13.8. The van der Waals surface area contributed by atoms with Crippen molar-refractivity contribution in [3.63, 3.8) is 0 Å². The minimum Gasteiger partial charge on any atom is -0.378 e. The van der Waals surface area contributed by atoms with Crippen molar-refractivity contribution < 1.29 is 4.74 Å². The van der Waals surface area contributed by atoms with Crippen LogP contribution in [-0.2, 0) is 4.74 Å². The fourth-order valence-corrected chi connectivity index (χ4v) is 5.14. The van der Waals surface area contributed by atoms with Gasteiger partial charge in [0.25, 0.3) is 0 Å².